The molecule has 734 valence electrons. The molecule has 0 N–H and O–H groups in total. The van der Waals surface area contributed by atoms with Crippen molar-refractivity contribution in [3.63, 3.8) is 0 Å². The average Bonchev–Trinajstić information content (AvgIpc) is 1.58. The summed E-state index contributed by atoms with van der Waals surface area (Å²) in [7, 11) is 0. The van der Waals surface area contributed by atoms with E-state index in [0.29, 0.717) is 66.1 Å². The molecule has 0 atom stereocenters. The van der Waals surface area contributed by atoms with Gasteiger partial charge < -0.3 is 23.5 Å². The van der Waals surface area contributed by atoms with E-state index in [0.717, 1.165) is 67.0 Å². The Bertz CT molecular complexity index is 4490. The number of likely N-dealkylation sites (tertiary alicyclic amines) is 2. The normalized spacial score (nSPS) is 18.8. The predicted molar refractivity (Wildman–Crippen MR) is 546 cm³/mol. The van der Waals surface area contributed by atoms with Crippen LogP contribution in [0, 0.1) is 102 Å². The lowest BCUT2D eigenvalue weighted by atomic mass is 9.82. The molecular formula is C113H193F2N15. The minimum absolute atomic E-state index is 0.156. The van der Waals surface area contributed by atoms with Crippen molar-refractivity contribution in [2.24, 2.45) is 81.2 Å². The summed E-state index contributed by atoms with van der Waals surface area (Å²) in [4.78, 5) is 11.6. The zero-order valence-electron chi connectivity index (χ0n) is 89.5. The van der Waals surface area contributed by atoms with Crippen molar-refractivity contribution in [3.05, 3.63) is 145 Å². The molecule has 0 radical (unpaired) electrons. The SMILES string of the molecule is CC(C)(C)CC1(CN2CCCC2)CC1.CC(C)(C)CC1(CN2CCCCC2)CC1.CC(C)(C)CC1(Cn2cccc2)CC1.CC(C)(C)CCn1ccc(C(C)(F)F)n1.CC(C)(C)CCn1cccn1.CC(C)(C)Cn1nc2ccccc2n1.CCc1nccn1CC1(CC(C)(C)C)CC1.Cc1cc(C)n(CC2(CC(C)(C)C)CC2)n1.Cc1cccn1CC1(CC(C)(C)C)CC1. The first kappa shape index (κ1) is 109. The lowest BCUT2D eigenvalue weighted by molar-refractivity contribution is 0.0120. The fourth-order valence-corrected chi connectivity index (χ4v) is 20.8. The molecule has 0 unspecified atom stereocenters. The number of alkyl halides is 2. The molecule has 1 aromatic carbocycles. The van der Waals surface area contributed by atoms with Gasteiger partial charge in [0, 0.05) is 127 Å². The molecule has 2 saturated heterocycles. The predicted octanol–water partition coefficient (Wildman–Crippen LogP) is 30.3. The maximum atomic E-state index is 12.9. The topological polar surface area (TPSA) is 118 Å². The fraction of sp³-hybridized carbons (Fsp3) is 0.770. The summed E-state index contributed by atoms with van der Waals surface area (Å²) in [6.45, 7) is 87.2. The summed E-state index contributed by atoms with van der Waals surface area (Å²) in [5, 5.41) is 21.4. The van der Waals surface area contributed by atoms with Crippen LogP contribution in [0.2, 0.25) is 0 Å². The first-order chi connectivity index (χ1) is 59.9. The molecular weight excluding hydrogens is 1610 g/mol. The van der Waals surface area contributed by atoms with Gasteiger partial charge in [-0.3, -0.25) is 14.0 Å². The number of nitrogens with zero attached hydrogens (tertiary/aromatic N) is 15. The lowest BCUT2D eigenvalue weighted by Gasteiger charge is -2.33. The van der Waals surface area contributed by atoms with Crippen LogP contribution in [0.4, 0.5) is 8.78 Å². The van der Waals surface area contributed by atoms with Crippen LogP contribution in [0.1, 0.15) is 390 Å². The standard InChI is InChI=1S/2C14H24N2.C14H23N.C14H27N.C13H25N.C13H21N.C11H18F2N2.C11H15N3.C9H16N2/c1-11-8-12(2)16(15-11)10-14(6-7-14)9-13(3,4)5;1-5-12-15-8-9-16(12)11-14(6-7-14)10-13(2,3)4;1-12-6-5-9-15(12)11-14(7-8-14)10-13(2,3)4;1-13(2,3)11-14(7-8-14)12-15-9-5-4-6-10-15;2*1-12(2,3)10-13(6-7-13)11-14-8-4-5-9-14;1-10(2,3)6-8-15-7-5-9(14-15)11(4,12)13;1-11(2,3)8-14-12-9-6-4-5-7-10(9)13-14;1-9(2,3)5-8-11-7-4-6-10-11/h8H,6-7,9-10H2,1-5H3;8-9H,5-7,10-11H2,1-4H3;5-6,9H,7-8,10-11H2,1-4H3;4-12H2,1-3H3;4-11H2,1-3H3;4-5,8-9H,6-7,10-11H2,1-3H3;5,7H,6,8H2,1-4H3;4-7H,8H2,1-3H3;4,6-7H,5,8H2,1-3H3. The van der Waals surface area contributed by atoms with Crippen LogP contribution in [0.15, 0.2) is 116 Å². The number of hydrogen-bond donors (Lipinski definition) is 0. The Morgan fingerprint density at radius 1 is 0.346 bits per heavy atom. The van der Waals surface area contributed by atoms with Crippen molar-refractivity contribution in [3.8, 4) is 0 Å². The molecule has 8 aromatic rings. The number of aromatic nitrogens is 13. The number of hydrogen-bond acceptors (Lipinski definition) is 8. The number of fused-ring (bicyclic) bond motifs is 1. The number of rotatable bonds is 25. The molecule has 17 heteroatoms. The highest BCUT2D eigenvalue weighted by Gasteiger charge is 2.51. The van der Waals surface area contributed by atoms with Crippen LogP contribution in [-0.4, -0.2) is 112 Å². The average molecular weight is 1800 g/mol. The van der Waals surface area contributed by atoms with Gasteiger partial charge in [-0.15, -0.1) is 0 Å². The van der Waals surface area contributed by atoms with Crippen molar-refractivity contribution >= 4 is 11.0 Å². The highest BCUT2D eigenvalue weighted by Crippen LogP contribution is 2.59. The Morgan fingerprint density at radius 2 is 0.746 bits per heavy atom. The van der Waals surface area contributed by atoms with E-state index < -0.39 is 5.92 Å². The first-order valence-electron chi connectivity index (χ1n) is 51.3. The van der Waals surface area contributed by atoms with E-state index in [9.17, 15) is 8.78 Å². The molecule has 0 amide bonds. The van der Waals surface area contributed by atoms with Crippen LogP contribution in [0.3, 0.4) is 0 Å². The van der Waals surface area contributed by atoms with Crippen LogP contribution < -0.4 is 0 Å². The Hall–Kier alpha value is -6.20. The van der Waals surface area contributed by atoms with E-state index in [2.05, 4.69) is 328 Å². The summed E-state index contributed by atoms with van der Waals surface area (Å²) in [6, 6.07) is 22.0. The Balaban J connectivity index is 0.000000181. The third-order valence-corrected chi connectivity index (χ3v) is 26.7. The third-order valence-electron chi connectivity index (χ3n) is 26.7. The smallest absolute Gasteiger partial charge is 0.288 e. The van der Waals surface area contributed by atoms with Crippen molar-refractivity contribution in [1.29, 1.82) is 0 Å². The van der Waals surface area contributed by atoms with Crippen LogP contribution in [0.25, 0.3) is 11.0 Å². The largest absolute Gasteiger partial charge is 0.354 e. The minimum atomic E-state index is -2.84. The number of benzene rings is 1. The summed E-state index contributed by atoms with van der Waals surface area (Å²) in [6.07, 6.45) is 51.8. The van der Waals surface area contributed by atoms with Crippen LogP contribution in [0.5, 0.6) is 0 Å². The van der Waals surface area contributed by atoms with E-state index in [1.165, 1.54) is 236 Å². The summed E-state index contributed by atoms with van der Waals surface area (Å²) in [5.41, 5.74) is 13.1. The summed E-state index contributed by atoms with van der Waals surface area (Å²) in [5.74, 6) is -1.60. The minimum Gasteiger partial charge on any atom is -0.354 e. The number of piperidine rings is 1. The second-order valence-corrected chi connectivity index (χ2v) is 53.8. The second kappa shape index (κ2) is 44.7. The number of halogens is 2. The second-order valence-electron chi connectivity index (χ2n) is 53.8. The molecule has 0 bridgehead atoms. The van der Waals surface area contributed by atoms with Crippen LogP contribution >= 0.6 is 0 Å². The molecule has 2 aliphatic heterocycles. The quantitative estimate of drug-likeness (QED) is 0.0555. The highest BCUT2D eigenvalue weighted by molar-refractivity contribution is 5.73. The van der Waals surface area contributed by atoms with Gasteiger partial charge in [0.2, 0.25) is 0 Å². The van der Waals surface area contributed by atoms with E-state index in [1.807, 2.05) is 53.6 Å². The molecule has 9 heterocycles. The Labute approximate surface area is 793 Å². The van der Waals surface area contributed by atoms with Gasteiger partial charge in [-0.1, -0.05) is 212 Å². The van der Waals surface area contributed by atoms with Gasteiger partial charge in [-0.05, 0) is 337 Å². The molecule has 15 nitrogen and oxygen atoms in total. The number of imidazole rings is 1. The zero-order chi connectivity index (χ0) is 96.5. The van der Waals surface area contributed by atoms with Crippen LogP contribution in [-0.2, 0) is 58.2 Å². The highest BCUT2D eigenvalue weighted by atomic mass is 19.3. The molecule has 6 saturated carbocycles. The first-order valence-corrected chi connectivity index (χ1v) is 51.3. The lowest BCUT2D eigenvalue weighted by Crippen LogP contribution is -2.36. The number of aryl methyl sites for hydroxylation is 6. The maximum absolute atomic E-state index is 12.9. The Morgan fingerprint density at radius 3 is 1.09 bits per heavy atom. The van der Waals surface area contributed by atoms with E-state index in [1.54, 1.807) is 15.7 Å². The van der Waals surface area contributed by atoms with Crippen molar-refractivity contribution < 1.29 is 8.78 Å². The molecule has 16 rings (SSSR count). The van der Waals surface area contributed by atoms with Gasteiger partial charge in [-0.2, -0.15) is 39.1 Å². The van der Waals surface area contributed by atoms with E-state index in [4.69, 9.17) is 0 Å². The fourth-order valence-electron chi connectivity index (χ4n) is 20.8. The molecule has 8 fully saturated rings. The monoisotopic (exact) mass is 1800 g/mol. The molecule has 6 aliphatic carbocycles. The van der Waals surface area contributed by atoms with Gasteiger partial charge in [0.05, 0.1) is 12.2 Å². The Kier molecular flexibility index (Phi) is 37.5. The van der Waals surface area contributed by atoms with Gasteiger partial charge in [0.25, 0.3) is 5.92 Å². The summed E-state index contributed by atoms with van der Waals surface area (Å²) >= 11 is 0. The van der Waals surface area contributed by atoms with E-state index >= 15 is 0 Å². The molecule has 7 aromatic heterocycles. The van der Waals surface area contributed by atoms with Gasteiger partial charge in [0.15, 0.2) is 0 Å². The van der Waals surface area contributed by atoms with Crippen molar-refractivity contribution in [2.75, 3.05) is 39.3 Å². The van der Waals surface area contributed by atoms with Gasteiger partial charge in [0.1, 0.15) is 22.6 Å². The van der Waals surface area contributed by atoms with Gasteiger partial charge >= 0.3 is 0 Å². The van der Waals surface area contributed by atoms with Crippen molar-refractivity contribution in [1.82, 2.24) is 72.8 Å². The van der Waals surface area contributed by atoms with E-state index in [-0.39, 0.29) is 16.5 Å². The molecule has 130 heavy (non-hydrogen) atoms. The molecule has 0 spiro atoms. The van der Waals surface area contributed by atoms with Crippen molar-refractivity contribution in [2.45, 2.75) is 440 Å². The summed E-state index contributed by atoms with van der Waals surface area (Å²) < 4.78 is 38.6. The maximum Gasteiger partial charge on any atom is 0.288 e. The third kappa shape index (κ3) is 42.8. The molecule has 8 aliphatic rings. The van der Waals surface area contributed by atoms with Gasteiger partial charge in [-0.25, -0.2) is 4.98 Å². The zero-order valence-corrected chi connectivity index (χ0v) is 89.5.